The van der Waals surface area contributed by atoms with Crippen molar-refractivity contribution in [2.45, 2.75) is 12.3 Å². The average molecular weight is 795 g/mol. The summed E-state index contributed by atoms with van der Waals surface area (Å²) in [5, 5.41) is 0. The Kier molecular flexibility index (Phi) is 10.9. The van der Waals surface area contributed by atoms with Crippen molar-refractivity contribution in [2.24, 2.45) is 0 Å². The van der Waals surface area contributed by atoms with E-state index in [2.05, 4.69) is 271 Å². The van der Waals surface area contributed by atoms with E-state index in [0.717, 1.165) is 46.1 Å². The summed E-state index contributed by atoms with van der Waals surface area (Å²) in [6, 6.07) is 87.1. The van der Waals surface area contributed by atoms with E-state index < -0.39 is 0 Å². The molecule has 1 aliphatic rings. The number of anilines is 6. The van der Waals surface area contributed by atoms with Gasteiger partial charge in [0.1, 0.15) is 0 Å². The quantitative estimate of drug-likeness (QED) is 0.129. The number of hydrogen-bond acceptors (Lipinski definition) is 2. The summed E-state index contributed by atoms with van der Waals surface area (Å²) in [6.45, 7) is 0. The number of nitrogens with zero attached hydrogens (tertiary/aromatic N) is 2. The summed E-state index contributed by atoms with van der Waals surface area (Å²) in [7, 11) is 0. The number of hydrogen-bond donors (Lipinski definition) is 0. The molecule has 10 rings (SSSR count). The van der Waals surface area contributed by atoms with Gasteiger partial charge in [0.15, 0.2) is 0 Å². The van der Waals surface area contributed by atoms with Crippen molar-refractivity contribution >= 4 is 39.7 Å². The van der Waals surface area contributed by atoms with Gasteiger partial charge in [-0.1, -0.05) is 188 Å². The lowest BCUT2D eigenvalue weighted by molar-refractivity contribution is 0.856. The summed E-state index contributed by atoms with van der Waals surface area (Å²) < 4.78 is 0. The summed E-state index contributed by atoms with van der Waals surface area (Å²) >= 11 is 0. The van der Waals surface area contributed by atoms with Crippen LogP contribution >= 0.6 is 0 Å². The molecule has 9 aromatic rings. The molecule has 2 heteroatoms. The average Bonchev–Trinajstić information content (AvgIpc) is 3.36. The van der Waals surface area contributed by atoms with Crippen LogP contribution in [0.4, 0.5) is 34.1 Å². The Morgan fingerprint density at radius 1 is 0.274 bits per heavy atom. The summed E-state index contributed by atoms with van der Waals surface area (Å²) in [6.07, 6.45) is 8.00. The minimum atomic E-state index is 0.426. The van der Waals surface area contributed by atoms with Crippen LogP contribution in [0.3, 0.4) is 0 Å². The van der Waals surface area contributed by atoms with E-state index in [4.69, 9.17) is 0 Å². The van der Waals surface area contributed by atoms with E-state index in [1.54, 1.807) is 0 Å². The number of benzene rings is 9. The van der Waals surface area contributed by atoms with Crippen LogP contribution in [0, 0.1) is 0 Å². The maximum Gasteiger partial charge on any atom is 0.0462 e. The first kappa shape index (κ1) is 38.3. The van der Waals surface area contributed by atoms with Gasteiger partial charge in [-0.25, -0.2) is 0 Å². The molecule has 0 N–H and O–H groups in total. The normalized spacial score (nSPS) is 13.3. The molecule has 0 saturated carbocycles. The predicted molar refractivity (Wildman–Crippen MR) is 263 cm³/mol. The molecule has 0 spiro atoms. The smallest absolute Gasteiger partial charge is 0.0462 e. The highest BCUT2D eigenvalue weighted by atomic mass is 15.1. The van der Waals surface area contributed by atoms with Gasteiger partial charge >= 0.3 is 0 Å². The van der Waals surface area contributed by atoms with E-state index in [9.17, 15) is 0 Å². The van der Waals surface area contributed by atoms with Crippen LogP contribution in [-0.4, -0.2) is 0 Å². The first-order valence-corrected chi connectivity index (χ1v) is 21.4. The fourth-order valence-corrected chi connectivity index (χ4v) is 8.53. The van der Waals surface area contributed by atoms with Crippen LogP contribution in [0.2, 0.25) is 0 Å². The van der Waals surface area contributed by atoms with E-state index in [1.165, 1.54) is 44.5 Å². The number of allylic oxidation sites excluding steroid dienone is 4. The maximum absolute atomic E-state index is 2.37. The third-order valence-corrected chi connectivity index (χ3v) is 11.9. The highest BCUT2D eigenvalue weighted by Gasteiger charge is 2.17. The second-order valence-electron chi connectivity index (χ2n) is 15.7. The Morgan fingerprint density at radius 3 is 0.903 bits per heavy atom. The van der Waals surface area contributed by atoms with Gasteiger partial charge in [-0.15, -0.1) is 0 Å². The Hall–Kier alpha value is -7.94. The maximum atomic E-state index is 2.37. The number of rotatable bonds is 11. The molecule has 1 atom stereocenters. The minimum Gasteiger partial charge on any atom is -0.311 e. The summed E-state index contributed by atoms with van der Waals surface area (Å²) in [5.74, 6) is 0.426. The molecule has 0 radical (unpaired) electrons. The third-order valence-electron chi connectivity index (χ3n) is 11.9. The highest BCUT2D eigenvalue weighted by molar-refractivity contribution is 5.83. The number of para-hydroxylation sites is 1. The zero-order valence-electron chi connectivity index (χ0n) is 34.5. The first-order valence-electron chi connectivity index (χ1n) is 21.4. The molecule has 9 aromatic carbocycles. The van der Waals surface area contributed by atoms with Gasteiger partial charge in [0, 0.05) is 40.0 Å². The molecule has 0 aromatic heterocycles. The van der Waals surface area contributed by atoms with Crippen molar-refractivity contribution in [3.05, 3.63) is 272 Å². The van der Waals surface area contributed by atoms with E-state index >= 15 is 0 Å². The Bertz CT molecular complexity index is 2820. The zero-order chi connectivity index (χ0) is 41.5. The molecule has 2 nitrogen and oxygen atoms in total. The van der Waals surface area contributed by atoms with E-state index in [1.807, 2.05) is 0 Å². The lowest BCUT2D eigenvalue weighted by Gasteiger charge is -2.26. The lowest BCUT2D eigenvalue weighted by Crippen LogP contribution is -2.10. The van der Waals surface area contributed by atoms with Crippen molar-refractivity contribution in [1.29, 1.82) is 0 Å². The van der Waals surface area contributed by atoms with Crippen molar-refractivity contribution in [1.82, 2.24) is 0 Å². The summed E-state index contributed by atoms with van der Waals surface area (Å²) in [4.78, 5) is 4.67. The van der Waals surface area contributed by atoms with Crippen LogP contribution in [-0.2, 0) is 0 Å². The van der Waals surface area contributed by atoms with Gasteiger partial charge in [-0.05, 0) is 129 Å². The second-order valence-corrected chi connectivity index (χ2v) is 15.7. The first-order chi connectivity index (χ1) is 30.7. The molecule has 0 saturated heterocycles. The predicted octanol–water partition coefficient (Wildman–Crippen LogP) is 16.8. The highest BCUT2D eigenvalue weighted by Crippen LogP contribution is 2.40. The molecule has 0 bridgehead atoms. The Morgan fingerprint density at radius 2 is 0.565 bits per heavy atom. The minimum absolute atomic E-state index is 0.426. The summed E-state index contributed by atoms with van der Waals surface area (Å²) in [5.41, 5.74) is 17.7. The molecular formula is C60H46N2. The van der Waals surface area contributed by atoms with Crippen LogP contribution < -0.4 is 9.80 Å². The molecular weight excluding hydrogens is 749 g/mol. The van der Waals surface area contributed by atoms with Gasteiger partial charge in [-0.3, -0.25) is 0 Å². The molecule has 1 aliphatic carbocycles. The standard InChI is InChI=1S/C60H46N2/c1-5-13-45(14-6-1)48-21-23-49(24-22-48)52-29-39-56(40-30-52)61(55-19-11-4-12-20-55)57-41-31-53(32-42-57)54-33-43-60(44-34-54)62(58-35-25-50(26-36-58)46-15-7-2-8-16-46)59-37-27-51(28-38-59)47-17-9-3-10-18-47/h1-21,23-44,48H,22H2. The molecule has 0 fully saturated rings. The van der Waals surface area contributed by atoms with Crippen molar-refractivity contribution < 1.29 is 0 Å². The fraction of sp³-hybridized carbons (Fsp3) is 0.0333. The van der Waals surface area contributed by atoms with Crippen LogP contribution in [0.15, 0.2) is 261 Å². The molecule has 0 heterocycles. The van der Waals surface area contributed by atoms with Gasteiger partial charge in [-0.2, -0.15) is 0 Å². The van der Waals surface area contributed by atoms with Gasteiger partial charge < -0.3 is 9.80 Å². The van der Waals surface area contributed by atoms with E-state index in [0.29, 0.717) is 5.92 Å². The Labute approximate surface area is 365 Å². The zero-order valence-corrected chi connectivity index (χ0v) is 34.5. The largest absolute Gasteiger partial charge is 0.311 e. The van der Waals surface area contributed by atoms with E-state index in [-0.39, 0.29) is 0 Å². The van der Waals surface area contributed by atoms with Crippen molar-refractivity contribution in [2.75, 3.05) is 9.80 Å². The molecule has 0 aliphatic heterocycles. The lowest BCUT2D eigenvalue weighted by atomic mass is 9.88. The van der Waals surface area contributed by atoms with Crippen molar-refractivity contribution in [3.63, 3.8) is 0 Å². The molecule has 0 amide bonds. The topological polar surface area (TPSA) is 6.48 Å². The van der Waals surface area contributed by atoms with Crippen LogP contribution in [0.25, 0.3) is 39.0 Å². The van der Waals surface area contributed by atoms with Crippen LogP contribution in [0.5, 0.6) is 0 Å². The van der Waals surface area contributed by atoms with Gasteiger partial charge in [0.25, 0.3) is 0 Å². The molecule has 296 valence electrons. The molecule has 1 unspecified atom stereocenters. The Balaban J connectivity index is 0.912. The van der Waals surface area contributed by atoms with Crippen molar-refractivity contribution in [3.8, 4) is 33.4 Å². The fourth-order valence-electron chi connectivity index (χ4n) is 8.53. The third kappa shape index (κ3) is 8.28. The molecule has 62 heavy (non-hydrogen) atoms. The monoisotopic (exact) mass is 794 g/mol. The van der Waals surface area contributed by atoms with Gasteiger partial charge in [0.2, 0.25) is 0 Å². The second kappa shape index (κ2) is 17.7. The SMILES string of the molecule is C1=CC(c2ccccc2)CC=C1c1ccc(N(c2ccccc2)c2ccc(-c3ccc(N(c4ccc(-c5ccccc5)cc4)c4ccc(-c5ccccc5)cc4)cc3)cc2)cc1. The van der Waals surface area contributed by atoms with Crippen LogP contribution in [0.1, 0.15) is 23.5 Å². The van der Waals surface area contributed by atoms with Gasteiger partial charge in [0.05, 0.1) is 0 Å².